The van der Waals surface area contributed by atoms with Crippen LogP contribution < -0.4 is 10.1 Å². The van der Waals surface area contributed by atoms with E-state index in [1.54, 1.807) is 7.11 Å². The SMILES string of the molecule is COc1ccccc1-c1ccc2oc([C@H]3CCCN3C(=O)Nc3ccccc3C(F)(F)F)nc2c1. The summed E-state index contributed by atoms with van der Waals surface area (Å²) in [4.78, 5) is 19.1. The molecule has 6 nitrogen and oxygen atoms in total. The van der Waals surface area contributed by atoms with Crippen molar-refractivity contribution >= 4 is 22.8 Å². The number of hydrogen-bond donors (Lipinski definition) is 1. The number of nitrogens with zero attached hydrogens (tertiary/aromatic N) is 2. The van der Waals surface area contributed by atoms with Gasteiger partial charge in [-0.05, 0) is 48.7 Å². The van der Waals surface area contributed by atoms with Crippen molar-refractivity contribution in [1.82, 2.24) is 9.88 Å². The van der Waals surface area contributed by atoms with Crippen LogP contribution in [0.5, 0.6) is 5.75 Å². The van der Waals surface area contributed by atoms with Gasteiger partial charge in [-0.3, -0.25) is 0 Å². The fourth-order valence-electron chi connectivity index (χ4n) is 4.43. The third kappa shape index (κ3) is 4.41. The van der Waals surface area contributed by atoms with Gasteiger partial charge in [0.25, 0.3) is 0 Å². The third-order valence-corrected chi connectivity index (χ3v) is 6.09. The molecule has 1 aliphatic heterocycles. The lowest BCUT2D eigenvalue weighted by atomic mass is 10.0. The van der Waals surface area contributed by atoms with Crippen LogP contribution in [0.1, 0.15) is 30.3 Å². The molecule has 1 N–H and O–H groups in total. The first-order valence-electron chi connectivity index (χ1n) is 11.1. The number of urea groups is 1. The lowest BCUT2D eigenvalue weighted by molar-refractivity contribution is -0.136. The molecule has 0 bridgehead atoms. The molecule has 3 aromatic carbocycles. The maximum absolute atomic E-state index is 13.3. The van der Waals surface area contributed by atoms with E-state index in [1.165, 1.54) is 23.1 Å². The summed E-state index contributed by atoms with van der Waals surface area (Å²) in [6.07, 6.45) is -3.29. The molecule has 0 radical (unpaired) electrons. The predicted octanol–water partition coefficient (Wildman–Crippen LogP) is 6.89. The Labute approximate surface area is 199 Å². The van der Waals surface area contributed by atoms with Gasteiger partial charge in [0.15, 0.2) is 5.58 Å². The summed E-state index contributed by atoms with van der Waals surface area (Å²) in [5.41, 5.74) is 1.82. The zero-order valence-electron chi connectivity index (χ0n) is 18.8. The van der Waals surface area contributed by atoms with Crippen molar-refractivity contribution in [3.8, 4) is 16.9 Å². The van der Waals surface area contributed by atoms with Gasteiger partial charge in [0.1, 0.15) is 17.3 Å². The van der Waals surface area contributed by atoms with Crippen molar-refractivity contribution in [3.05, 3.63) is 78.2 Å². The van der Waals surface area contributed by atoms with Crippen LogP contribution >= 0.6 is 0 Å². The van der Waals surface area contributed by atoms with Crippen molar-refractivity contribution in [2.24, 2.45) is 0 Å². The summed E-state index contributed by atoms with van der Waals surface area (Å²) in [6, 6.07) is 17.1. The number of anilines is 1. The molecule has 0 spiro atoms. The number of ether oxygens (including phenoxy) is 1. The van der Waals surface area contributed by atoms with Gasteiger partial charge in [0, 0.05) is 12.1 Å². The zero-order chi connectivity index (χ0) is 24.6. The van der Waals surface area contributed by atoms with Crippen LogP contribution in [0.2, 0.25) is 0 Å². The number of carbonyl (C=O) groups is 1. The average molecular weight is 481 g/mol. The lowest BCUT2D eigenvalue weighted by Gasteiger charge is -2.23. The summed E-state index contributed by atoms with van der Waals surface area (Å²) in [5.74, 6) is 1.09. The quantitative estimate of drug-likeness (QED) is 0.345. The van der Waals surface area contributed by atoms with Gasteiger partial charge in [0.2, 0.25) is 5.89 Å². The maximum atomic E-state index is 13.3. The van der Waals surface area contributed by atoms with E-state index in [1.807, 2.05) is 42.5 Å². The van der Waals surface area contributed by atoms with Crippen LogP contribution in [0.3, 0.4) is 0 Å². The molecule has 1 fully saturated rings. The Morgan fingerprint density at radius 3 is 2.69 bits per heavy atom. The molecule has 180 valence electrons. The van der Waals surface area contributed by atoms with Crippen molar-refractivity contribution in [2.45, 2.75) is 25.1 Å². The minimum atomic E-state index is -4.58. The van der Waals surface area contributed by atoms with Gasteiger partial charge in [0.05, 0.1) is 18.4 Å². The number of aromatic nitrogens is 1. The number of alkyl halides is 3. The van der Waals surface area contributed by atoms with Crippen LogP contribution in [0.4, 0.5) is 23.7 Å². The Kier molecular flexibility index (Phi) is 5.84. The smallest absolute Gasteiger partial charge is 0.418 e. The summed E-state index contributed by atoms with van der Waals surface area (Å²) in [7, 11) is 1.61. The first kappa shape index (κ1) is 22.8. The number of oxazole rings is 1. The van der Waals surface area contributed by atoms with Gasteiger partial charge in [-0.1, -0.05) is 36.4 Å². The lowest BCUT2D eigenvalue weighted by Crippen LogP contribution is -2.35. The number of methoxy groups -OCH3 is 1. The number of likely N-dealkylation sites (tertiary alicyclic amines) is 1. The molecule has 1 atom stereocenters. The van der Waals surface area contributed by atoms with Crippen LogP contribution in [0.15, 0.2) is 71.1 Å². The second-order valence-electron chi connectivity index (χ2n) is 8.26. The van der Waals surface area contributed by atoms with Crippen molar-refractivity contribution in [3.63, 3.8) is 0 Å². The van der Waals surface area contributed by atoms with Crippen molar-refractivity contribution < 1.29 is 27.1 Å². The first-order valence-corrected chi connectivity index (χ1v) is 11.1. The standard InChI is InChI=1S/C26H22F3N3O3/c1-34-22-11-5-2-7-17(22)16-12-13-23-20(15-16)30-24(35-23)21-10-6-14-32(21)25(33)31-19-9-4-3-8-18(19)26(27,28)29/h2-5,7-9,11-13,15,21H,6,10,14H2,1H3,(H,31,33)/t21-/m1/s1. The van der Waals surface area contributed by atoms with Crippen LogP contribution in [0, 0.1) is 0 Å². The van der Waals surface area contributed by atoms with E-state index in [2.05, 4.69) is 10.3 Å². The fourth-order valence-corrected chi connectivity index (χ4v) is 4.43. The molecule has 2 amide bonds. The second-order valence-corrected chi connectivity index (χ2v) is 8.26. The van der Waals surface area contributed by atoms with Crippen LogP contribution in [-0.2, 0) is 6.18 Å². The number of amides is 2. The number of benzene rings is 3. The summed E-state index contributed by atoms with van der Waals surface area (Å²) < 4.78 is 51.4. The molecule has 4 aromatic rings. The van der Waals surface area contributed by atoms with E-state index >= 15 is 0 Å². The highest BCUT2D eigenvalue weighted by atomic mass is 19.4. The minimum Gasteiger partial charge on any atom is -0.496 e. The molecule has 1 aliphatic rings. The number of carbonyl (C=O) groups excluding carboxylic acids is 1. The summed E-state index contributed by atoms with van der Waals surface area (Å²) in [5, 5.41) is 2.42. The number of fused-ring (bicyclic) bond motifs is 1. The Bertz CT molecular complexity index is 1380. The largest absolute Gasteiger partial charge is 0.496 e. The van der Waals surface area contributed by atoms with Crippen LogP contribution in [0.25, 0.3) is 22.2 Å². The fraction of sp³-hybridized carbons (Fsp3) is 0.231. The Hall–Kier alpha value is -4.01. The third-order valence-electron chi connectivity index (χ3n) is 6.09. The number of rotatable bonds is 4. The van der Waals surface area contributed by atoms with Crippen molar-refractivity contribution in [2.75, 3.05) is 19.0 Å². The molecule has 35 heavy (non-hydrogen) atoms. The molecule has 1 aromatic heterocycles. The van der Waals surface area contributed by atoms with Gasteiger partial charge < -0.3 is 19.4 Å². The number of nitrogens with one attached hydrogen (secondary N) is 1. The van der Waals surface area contributed by atoms with E-state index in [0.29, 0.717) is 36.4 Å². The van der Waals surface area contributed by atoms with Gasteiger partial charge in [-0.25, -0.2) is 9.78 Å². The molecule has 9 heteroatoms. The highest BCUT2D eigenvalue weighted by Gasteiger charge is 2.37. The highest BCUT2D eigenvalue weighted by Crippen LogP contribution is 2.38. The van der Waals surface area contributed by atoms with Gasteiger partial charge >= 0.3 is 12.2 Å². The van der Waals surface area contributed by atoms with E-state index < -0.39 is 23.8 Å². The Balaban J connectivity index is 1.41. The molecule has 2 heterocycles. The summed E-state index contributed by atoms with van der Waals surface area (Å²) in [6.45, 7) is 0.385. The molecule has 0 saturated carbocycles. The highest BCUT2D eigenvalue weighted by molar-refractivity contribution is 5.91. The molecule has 0 unspecified atom stereocenters. The normalized spacial score (nSPS) is 16.0. The van der Waals surface area contributed by atoms with E-state index in [4.69, 9.17) is 9.15 Å². The predicted molar refractivity (Wildman–Crippen MR) is 125 cm³/mol. The average Bonchev–Trinajstić information content (AvgIpc) is 3.50. The van der Waals surface area contributed by atoms with E-state index in [0.717, 1.165) is 22.9 Å². The van der Waals surface area contributed by atoms with E-state index in [-0.39, 0.29) is 5.69 Å². The van der Waals surface area contributed by atoms with Crippen molar-refractivity contribution in [1.29, 1.82) is 0 Å². The first-order chi connectivity index (χ1) is 16.8. The van der Waals surface area contributed by atoms with Gasteiger partial charge in [-0.15, -0.1) is 0 Å². The van der Waals surface area contributed by atoms with Gasteiger partial charge in [-0.2, -0.15) is 13.2 Å². The summed E-state index contributed by atoms with van der Waals surface area (Å²) >= 11 is 0. The van der Waals surface area contributed by atoms with E-state index in [9.17, 15) is 18.0 Å². The Morgan fingerprint density at radius 2 is 1.89 bits per heavy atom. The number of hydrogen-bond acceptors (Lipinski definition) is 4. The Morgan fingerprint density at radius 1 is 1.11 bits per heavy atom. The zero-order valence-corrected chi connectivity index (χ0v) is 18.8. The van der Waals surface area contributed by atoms with Crippen LogP contribution in [-0.4, -0.2) is 29.6 Å². The molecular weight excluding hydrogens is 459 g/mol. The maximum Gasteiger partial charge on any atom is 0.418 e. The monoisotopic (exact) mass is 481 g/mol. The molecule has 0 aliphatic carbocycles. The number of para-hydroxylation sites is 2. The molecular formula is C26H22F3N3O3. The second kappa shape index (κ2) is 8.98. The topological polar surface area (TPSA) is 67.6 Å². The minimum absolute atomic E-state index is 0.283. The molecule has 5 rings (SSSR count). The molecule has 1 saturated heterocycles. The number of halogens is 3.